The Morgan fingerprint density at radius 2 is 2.18 bits per heavy atom. The van der Waals surface area contributed by atoms with Gasteiger partial charge >= 0.3 is 0 Å². The van der Waals surface area contributed by atoms with Gasteiger partial charge in [0.15, 0.2) is 0 Å². The third-order valence-corrected chi connectivity index (χ3v) is 4.25. The molecule has 1 aliphatic heterocycles. The van der Waals surface area contributed by atoms with Crippen LogP contribution >= 0.6 is 11.6 Å². The second-order valence-electron chi connectivity index (χ2n) is 5.60. The van der Waals surface area contributed by atoms with Crippen LogP contribution in [-0.2, 0) is 7.05 Å². The molecular formula is C16H23ClN4O. The van der Waals surface area contributed by atoms with Crippen molar-refractivity contribution in [3.8, 4) is 11.8 Å². The van der Waals surface area contributed by atoms with Crippen LogP contribution in [0.3, 0.4) is 0 Å². The van der Waals surface area contributed by atoms with Gasteiger partial charge in [-0.1, -0.05) is 24.4 Å². The Labute approximate surface area is 137 Å². The van der Waals surface area contributed by atoms with Crippen molar-refractivity contribution in [1.29, 1.82) is 0 Å². The molecule has 0 bridgehead atoms. The van der Waals surface area contributed by atoms with E-state index in [0.29, 0.717) is 23.2 Å². The summed E-state index contributed by atoms with van der Waals surface area (Å²) in [6.45, 7) is 5.71. The van der Waals surface area contributed by atoms with Crippen molar-refractivity contribution >= 4 is 17.5 Å². The predicted octanol–water partition coefficient (Wildman–Crippen LogP) is 1.93. The molecule has 2 heterocycles. The number of amides is 1. The lowest BCUT2D eigenvalue weighted by atomic mass is 9.97. The number of hydrogen-bond donors (Lipinski definition) is 1. The average Bonchev–Trinajstić information content (AvgIpc) is 2.85. The topological polar surface area (TPSA) is 50.2 Å². The standard InChI is InChI=1S/C16H23ClN4O/c1-3-4-5-8-21-9-6-13(7-10-21)11-18-16(22)15-14(17)12-19-20(15)2/h12-13H,3,6-11H2,1-2H3,(H,18,22). The second-order valence-corrected chi connectivity index (χ2v) is 6.01. The smallest absolute Gasteiger partial charge is 0.271 e. The molecule has 0 aliphatic carbocycles. The molecule has 1 N–H and O–H groups in total. The lowest BCUT2D eigenvalue weighted by molar-refractivity contribution is 0.0928. The summed E-state index contributed by atoms with van der Waals surface area (Å²) in [5.41, 5.74) is 0.425. The molecule has 0 aromatic carbocycles. The number of nitrogens with one attached hydrogen (secondary N) is 1. The first-order valence-corrected chi connectivity index (χ1v) is 8.13. The van der Waals surface area contributed by atoms with E-state index >= 15 is 0 Å². The summed E-state index contributed by atoms with van der Waals surface area (Å²) in [6.07, 6.45) is 4.59. The first-order valence-electron chi connectivity index (χ1n) is 7.75. The van der Waals surface area contributed by atoms with Gasteiger partial charge in [0.1, 0.15) is 5.69 Å². The van der Waals surface area contributed by atoms with Crippen LogP contribution in [0.25, 0.3) is 0 Å². The van der Waals surface area contributed by atoms with E-state index in [9.17, 15) is 4.79 Å². The van der Waals surface area contributed by atoms with Crippen molar-refractivity contribution in [3.63, 3.8) is 0 Å². The number of carbonyl (C=O) groups excluding carboxylic acids is 1. The highest BCUT2D eigenvalue weighted by Gasteiger charge is 2.21. The van der Waals surface area contributed by atoms with Crippen molar-refractivity contribution in [2.45, 2.75) is 26.2 Å². The van der Waals surface area contributed by atoms with Gasteiger partial charge in [0, 0.05) is 20.0 Å². The molecule has 1 saturated heterocycles. The van der Waals surface area contributed by atoms with Crippen LogP contribution in [-0.4, -0.2) is 46.8 Å². The maximum Gasteiger partial charge on any atom is 0.271 e. The number of aromatic nitrogens is 2. The molecule has 2 rings (SSSR count). The zero-order valence-electron chi connectivity index (χ0n) is 13.2. The molecular weight excluding hydrogens is 300 g/mol. The van der Waals surface area contributed by atoms with Gasteiger partial charge in [-0.15, -0.1) is 5.92 Å². The van der Waals surface area contributed by atoms with Crippen LogP contribution in [0, 0.1) is 17.8 Å². The third kappa shape index (κ3) is 4.49. The molecule has 0 saturated carbocycles. The summed E-state index contributed by atoms with van der Waals surface area (Å²) in [7, 11) is 1.72. The summed E-state index contributed by atoms with van der Waals surface area (Å²) in [5.74, 6) is 6.65. The molecule has 22 heavy (non-hydrogen) atoms. The largest absolute Gasteiger partial charge is 0.350 e. The van der Waals surface area contributed by atoms with Gasteiger partial charge in [-0.05, 0) is 31.8 Å². The van der Waals surface area contributed by atoms with Gasteiger partial charge in [-0.2, -0.15) is 5.10 Å². The van der Waals surface area contributed by atoms with E-state index < -0.39 is 0 Å². The number of nitrogens with zero attached hydrogens (tertiary/aromatic N) is 3. The Hall–Kier alpha value is -1.51. The van der Waals surface area contributed by atoms with Crippen LogP contribution in [0.1, 0.15) is 36.7 Å². The highest BCUT2D eigenvalue weighted by atomic mass is 35.5. The van der Waals surface area contributed by atoms with Gasteiger partial charge in [-0.25, -0.2) is 0 Å². The summed E-state index contributed by atoms with van der Waals surface area (Å²) in [6, 6.07) is 0. The van der Waals surface area contributed by atoms with E-state index in [1.807, 2.05) is 0 Å². The molecule has 1 aromatic heterocycles. The van der Waals surface area contributed by atoms with Crippen LogP contribution in [0.4, 0.5) is 0 Å². The molecule has 1 amide bonds. The van der Waals surface area contributed by atoms with Crippen molar-refractivity contribution in [1.82, 2.24) is 20.0 Å². The van der Waals surface area contributed by atoms with Gasteiger partial charge in [0.2, 0.25) is 0 Å². The normalized spacial score (nSPS) is 16.1. The van der Waals surface area contributed by atoms with Crippen LogP contribution in [0.2, 0.25) is 5.02 Å². The predicted molar refractivity (Wildman–Crippen MR) is 87.8 cm³/mol. The first-order chi connectivity index (χ1) is 10.6. The number of halogens is 1. The van der Waals surface area contributed by atoms with Crippen LogP contribution < -0.4 is 5.32 Å². The second kappa shape index (κ2) is 8.21. The number of carbonyl (C=O) groups is 1. The summed E-state index contributed by atoms with van der Waals surface area (Å²) in [5, 5.41) is 7.35. The lowest BCUT2D eigenvalue weighted by Gasteiger charge is -2.30. The Balaban J connectivity index is 1.74. The Morgan fingerprint density at radius 3 is 2.77 bits per heavy atom. The van der Waals surface area contributed by atoms with Gasteiger partial charge < -0.3 is 5.32 Å². The zero-order valence-corrected chi connectivity index (χ0v) is 14.0. The van der Waals surface area contributed by atoms with Gasteiger partial charge in [0.05, 0.1) is 17.8 Å². The number of likely N-dealkylation sites (tertiary alicyclic amines) is 1. The molecule has 5 nitrogen and oxygen atoms in total. The Morgan fingerprint density at radius 1 is 1.45 bits per heavy atom. The number of rotatable bonds is 4. The molecule has 1 aliphatic rings. The van der Waals surface area contributed by atoms with Crippen LogP contribution in [0.5, 0.6) is 0 Å². The lowest BCUT2D eigenvalue weighted by Crippen LogP contribution is -2.39. The third-order valence-electron chi connectivity index (χ3n) is 3.97. The molecule has 6 heteroatoms. The van der Waals surface area contributed by atoms with E-state index in [-0.39, 0.29) is 5.91 Å². The minimum absolute atomic E-state index is 0.152. The first kappa shape index (κ1) is 16.9. The van der Waals surface area contributed by atoms with Crippen molar-refractivity contribution in [3.05, 3.63) is 16.9 Å². The molecule has 0 atom stereocenters. The minimum Gasteiger partial charge on any atom is -0.350 e. The van der Waals surface area contributed by atoms with E-state index in [0.717, 1.165) is 38.9 Å². The quantitative estimate of drug-likeness (QED) is 0.862. The molecule has 0 spiro atoms. The molecule has 1 aromatic rings. The average molecular weight is 323 g/mol. The zero-order chi connectivity index (χ0) is 15.9. The monoisotopic (exact) mass is 322 g/mol. The maximum absolute atomic E-state index is 12.1. The number of piperidine rings is 1. The fourth-order valence-electron chi connectivity index (χ4n) is 2.63. The minimum atomic E-state index is -0.152. The number of aryl methyl sites for hydroxylation is 1. The summed E-state index contributed by atoms with van der Waals surface area (Å²) in [4.78, 5) is 14.5. The SMILES string of the molecule is CCC#CCN1CCC(CNC(=O)c2c(Cl)cnn2C)CC1. The van der Waals surface area contributed by atoms with Crippen LogP contribution in [0.15, 0.2) is 6.20 Å². The Bertz CT molecular complexity index is 545. The molecule has 120 valence electrons. The highest BCUT2D eigenvalue weighted by molar-refractivity contribution is 6.33. The fourth-order valence-corrected chi connectivity index (χ4v) is 2.88. The molecule has 0 unspecified atom stereocenters. The highest BCUT2D eigenvalue weighted by Crippen LogP contribution is 2.17. The Kier molecular flexibility index (Phi) is 6.29. The van der Waals surface area contributed by atoms with Crippen molar-refractivity contribution in [2.75, 3.05) is 26.2 Å². The van der Waals surface area contributed by atoms with E-state index in [1.54, 1.807) is 7.05 Å². The van der Waals surface area contributed by atoms with E-state index in [1.165, 1.54) is 10.9 Å². The maximum atomic E-state index is 12.1. The molecule has 1 fully saturated rings. The van der Waals surface area contributed by atoms with Crippen molar-refractivity contribution in [2.24, 2.45) is 13.0 Å². The summed E-state index contributed by atoms with van der Waals surface area (Å²) >= 11 is 5.98. The summed E-state index contributed by atoms with van der Waals surface area (Å²) < 4.78 is 1.51. The van der Waals surface area contributed by atoms with Crippen molar-refractivity contribution < 1.29 is 4.79 Å². The fraction of sp³-hybridized carbons (Fsp3) is 0.625. The molecule has 0 radical (unpaired) electrons. The van der Waals surface area contributed by atoms with Gasteiger partial charge in [-0.3, -0.25) is 14.4 Å². The van der Waals surface area contributed by atoms with Gasteiger partial charge in [0.25, 0.3) is 5.91 Å². The number of hydrogen-bond acceptors (Lipinski definition) is 3. The van der Waals surface area contributed by atoms with E-state index in [4.69, 9.17) is 11.6 Å². The van der Waals surface area contributed by atoms with E-state index in [2.05, 4.69) is 34.1 Å².